The maximum absolute atomic E-state index is 11.6. The Balaban J connectivity index is 2.04. The monoisotopic (exact) mass is 254 g/mol. The van der Waals surface area contributed by atoms with Crippen LogP contribution in [0.25, 0.3) is 0 Å². The minimum absolute atomic E-state index is 0.195. The fourth-order valence-electron chi connectivity index (χ4n) is 2.66. The molecule has 18 heavy (non-hydrogen) atoms. The van der Waals surface area contributed by atoms with E-state index in [1.165, 1.54) is 32.1 Å². The Bertz CT molecular complexity index is 233. The fourth-order valence-corrected chi connectivity index (χ4v) is 2.66. The first-order valence-corrected chi connectivity index (χ1v) is 7.61. The Labute approximate surface area is 112 Å². The number of carbonyl (C=O) groups is 1. The van der Waals surface area contributed by atoms with Gasteiger partial charge in [0.15, 0.2) is 0 Å². The Hall–Kier alpha value is -0.570. The maximum Gasteiger partial charge on any atom is 0.221 e. The van der Waals surface area contributed by atoms with Crippen LogP contribution < -0.4 is 10.6 Å². The lowest BCUT2D eigenvalue weighted by molar-refractivity contribution is -0.121. The van der Waals surface area contributed by atoms with Crippen LogP contribution in [0.3, 0.4) is 0 Å². The van der Waals surface area contributed by atoms with Crippen LogP contribution in [0, 0.1) is 11.8 Å². The van der Waals surface area contributed by atoms with E-state index in [2.05, 4.69) is 31.4 Å². The summed E-state index contributed by atoms with van der Waals surface area (Å²) in [4.78, 5) is 11.6. The largest absolute Gasteiger partial charge is 0.356 e. The van der Waals surface area contributed by atoms with Gasteiger partial charge < -0.3 is 10.6 Å². The molecule has 0 spiro atoms. The molecule has 0 aromatic carbocycles. The average Bonchev–Trinajstić information content (AvgIpc) is 2.36. The minimum Gasteiger partial charge on any atom is -0.356 e. The summed E-state index contributed by atoms with van der Waals surface area (Å²) in [5.41, 5.74) is 0. The van der Waals surface area contributed by atoms with E-state index >= 15 is 0 Å². The molecule has 0 bridgehead atoms. The van der Waals surface area contributed by atoms with E-state index < -0.39 is 0 Å². The minimum atomic E-state index is 0.195. The number of carbonyl (C=O) groups excluding carboxylic acids is 1. The van der Waals surface area contributed by atoms with E-state index in [-0.39, 0.29) is 5.91 Å². The molecule has 106 valence electrons. The van der Waals surface area contributed by atoms with Crippen LogP contribution in [0.5, 0.6) is 0 Å². The second-order valence-electron chi connectivity index (χ2n) is 5.96. The fraction of sp³-hybridized carbons (Fsp3) is 0.933. The van der Waals surface area contributed by atoms with Crippen molar-refractivity contribution >= 4 is 5.91 Å². The molecule has 0 aromatic rings. The van der Waals surface area contributed by atoms with Gasteiger partial charge in [-0.2, -0.15) is 0 Å². The molecular formula is C15H30N2O. The van der Waals surface area contributed by atoms with Crippen molar-refractivity contribution in [2.75, 3.05) is 13.1 Å². The van der Waals surface area contributed by atoms with Crippen LogP contribution >= 0.6 is 0 Å². The molecule has 1 saturated carbocycles. The van der Waals surface area contributed by atoms with Gasteiger partial charge in [0.25, 0.3) is 0 Å². The molecule has 0 atom stereocenters. The van der Waals surface area contributed by atoms with E-state index in [1.54, 1.807) is 0 Å². The molecule has 0 aliphatic heterocycles. The molecule has 0 radical (unpaired) electrons. The molecule has 0 unspecified atom stereocenters. The highest BCUT2D eigenvalue weighted by Gasteiger charge is 2.20. The van der Waals surface area contributed by atoms with Gasteiger partial charge in [-0.1, -0.05) is 40.0 Å². The Morgan fingerprint density at radius 3 is 2.33 bits per heavy atom. The highest BCUT2D eigenvalue weighted by atomic mass is 16.1. The normalized spacial score (nSPS) is 24.2. The Kier molecular flexibility index (Phi) is 7.33. The highest BCUT2D eigenvalue weighted by molar-refractivity contribution is 5.76. The highest BCUT2D eigenvalue weighted by Crippen LogP contribution is 2.29. The topological polar surface area (TPSA) is 41.1 Å². The molecule has 1 aliphatic carbocycles. The molecule has 0 aromatic heterocycles. The number of rotatable bonds is 7. The quantitative estimate of drug-likeness (QED) is 0.733. The summed E-state index contributed by atoms with van der Waals surface area (Å²) in [7, 11) is 0. The third-order valence-corrected chi connectivity index (χ3v) is 4.04. The van der Waals surface area contributed by atoms with Crippen molar-refractivity contribution < 1.29 is 4.79 Å². The zero-order chi connectivity index (χ0) is 13.4. The first kappa shape index (κ1) is 15.5. The van der Waals surface area contributed by atoms with E-state index in [1.807, 2.05) is 0 Å². The zero-order valence-corrected chi connectivity index (χ0v) is 12.3. The summed E-state index contributed by atoms with van der Waals surface area (Å²) in [5, 5.41) is 6.35. The second-order valence-corrected chi connectivity index (χ2v) is 5.96. The number of nitrogens with one attached hydrogen (secondary N) is 2. The molecule has 0 saturated heterocycles. The molecular weight excluding hydrogens is 224 g/mol. The third kappa shape index (κ3) is 6.39. The first-order chi connectivity index (χ1) is 8.61. The van der Waals surface area contributed by atoms with Crippen molar-refractivity contribution in [3.05, 3.63) is 0 Å². The Morgan fingerprint density at radius 1 is 1.17 bits per heavy atom. The summed E-state index contributed by atoms with van der Waals surface area (Å²) in [6.07, 6.45) is 7.21. The van der Waals surface area contributed by atoms with Gasteiger partial charge in [-0.05, 0) is 24.7 Å². The van der Waals surface area contributed by atoms with Crippen molar-refractivity contribution in [3.63, 3.8) is 0 Å². The summed E-state index contributed by atoms with van der Waals surface area (Å²) < 4.78 is 0. The molecule has 1 amide bonds. The van der Waals surface area contributed by atoms with Crippen molar-refractivity contribution in [2.24, 2.45) is 11.8 Å². The van der Waals surface area contributed by atoms with Crippen LogP contribution in [0.1, 0.15) is 59.3 Å². The van der Waals surface area contributed by atoms with Gasteiger partial charge in [-0.25, -0.2) is 0 Å². The molecule has 1 aliphatic rings. The predicted molar refractivity (Wildman–Crippen MR) is 76.5 cm³/mol. The van der Waals surface area contributed by atoms with Gasteiger partial charge >= 0.3 is 0 Å². The lowest BCUT2D eigenvalue weighted by Crippen LogP contribution is -2.34. The molecule has 2 N–H and O–H groups in total. The first-order valence-electron chi connectivity index (χ1n) is 7.61. The van der Waals surface area contributed by atoms with Gasteiger partial charge in [0.2, 0.25) is 5.91 Å². The van der Waals surface area contributed by atoms with Gasteiger partial charge in [-0.15, -0.1) is 0 Å². The van der Waals surface area contributed by atoms with Gasteiger partial charge in [0.05, 0.1) is 0 Å². The summed E-state index contributed by atoms with van der Waals surface area (Å²) in [6, 6.07) is 0.460. The van der Waals surface area contributed by atoms with Crippen LogP contribution in [-0.4, -0.2) is 25.0 Å². The number of amides is 1. The molecule has 1 fully saturated rings. The van der Waals surface area contributed by atoms with E-state index in [9.17, 15) is 4.79 Å². The van der Waals surface area contributed by atoms with Crippen LogP contribution in [0.4, 0.5) is 0 Å². The van der Waals surface area contributed by atoms with Crippen LogP contribution in [0.2, 0.25) is 0 Å². The lowest BCUT2D eigenvalue weighted by atomic mass is 9.81. The molecule has 3 nitrogen and oxygen atoms in total. The van der Waals surface area contributed by atoms with Gasteiger partial charge in [0.1, 0.15) is 0 Å². The summed E-state index contributed by atoms with van der Waals surface area (Å²) in [6.45, 7) is 8.16. The molecule has 3 heteroatoms. The van der Waals surface area contributed by atoms with Crippen molar-refractivity contribution in [1.29, 1.82) is 0 Å². The van der Waals surface area contributed by atoms with E-state index in [0.29, 0.717) is 12.5 Å². The third-order valence-electron chi connectivity index (χ3n) is 4.04. The van der Waals surface area contributed by atoms with Crippen molar-refractivity contribution in [1.82, 2.24) is 10.6 Å². The average molecular weight is 254 g/mol. The van der Waals surface area contributed by atoms with Crippen LogP contribution in [0.15, 0.2) is 0 Å². The Morgan fingerprint density at radius 2 is 1.78 bits per heavy atom. The standard InChI is InChI=1S/C15H30N2O/c1-4-13-5-7-14(8-6-13)11-17-15(18)9-10-16-12(2)3/h12-14,16H,4-11H2,1-3H3,(H,17,18). The smallest absolute Gasteiger partial charge is 0.221 e. The number of hydrogen-bond donors (Lipinski definition) is 2. The van der Waals surface area contributed by atoms with Crippen molar-refractivity contribution in [3.8, 4) is 0 Å². The van der Waals surface area contributed by atoms with E-state index in [0.717, 1.165) is 24.9 Å². The van der Waals surface area contributed by atoms with Gasteiger partial charge in [0, 0.05) is 25.6 Å². The number of hydrogen-bond acceptors (Lipinski definition) is 2. The summed E-state index contributed by atoms with van der Waals surface area (Å²) >= 11 is 0. The van der Waals surface area contributed by atoms with Gasteiger partial charge in [-0.3, -0.25) is 4.79 Å². The van der Waals surface area contributed by atoms with E-state index in [4.69, 9.17) is 0 Å². The SMILES string of the molecule is CCC1CCC(CNC(=O)CCNC(C)C)CC1. The predicted octanol–water partition coefficient (Wildman–Crippen LogP) is 2.71. The van der Waals surface area contributed by atoms with Crippen molar-refractivity contribution in [2.45, 2.75) is 65.3 Å². The van der Waals surface area contributed by atoms with Crippen LogP contribution in [-0.2, 0) is 4.79 Å². The zero-order valence-electron chi connectivity index (χ0n) is 12.3. The lowest BCUT2D eigenvalue weighted by Gasteiger charge is -2.27. The summed E-state index contributed by atoms with van der Waals surface area (Å²) in [5.74, 6) is 1.85. The second kappa shape index (κ2) is 8.52. The molecule has 0 heterocycles. The maximum atomic E-state index is 11.6. The molecule has 1 rings (SSSR count).